The smallest absolute Gasteiger partial charge is 0.416 e. The van der Waals surface area contributed by atoms with Gasteiger partial charge in [0.2, 0.25) is 5.91 Å². The zero-order valence-electron chi connectivity index (χ0n) is 18.1. The molecule has 0 bridgehead atoms. The van der Waals surface area contributed by atoms with Gasteiger partial charge in [0.05, 0.1) is 11.5 Å². The Morgan fingerprint density at radius 2 is 1.76 bits per heavy atom. The van der Waals surface area contributed by atoms with E-state index in [2.05, 4.69) is 15.6 Å². The van der Waals surface area contributed by atoms with E-state index < -0.39 is 41.6 Å². The summed E-state index contributed by atoms with van der Waals surface area (Å²) in [5.74, 6) is -1.36. The Bertz CT molecular complexity index is 1100. The SMILES string of the molecule is O=C(O)[C@@H]1CCc2nc(NC(=O)[C@H]3CCCN3C(=O)Nc3ccc(C(F)(F)F)cc3)ccc2C1. The molecule has 3 N–H and O–H groups in total. The maximum Gasteiger partial charge on any atom is 0.416 e. The van der Waals surface area contributed by atoms with Crippen molar-refractivity contribution in [2.75, 3.05) is 17.2 Å². The lowest BCUT2D eigenvalue weighted by atomic mass is 9.87. The van der Waals surface area contributed by atoms with Crippen molar-refractivity contribution >= 4 is 29.4 Å². The Labute approximate surface area is 193 Å². The first-order valence-electron chi connectivity index (χ1n) is 10.9. The summed E-state index contributed by atoms with van der Waals surface area (Å²) in [6.45, 7) is 0.332. The molecule has 0 spiro atoms. The molecule has 4 rings (SSSR count). The maximum absolute atomic E-state index is 12.9. The van der Waals surface area contributed by atoms with E-state index in [0.717, 1.165) is 35.5 Å². The fourth-order valence-corrected chi connectivity index (χ4v) is 4.32. The molecule has 1 aliphatic heterocycles. The standard InChI is InChI=1S/C23H23F3N4O4/c24-23(25,26)15-5-7-16(8-6-15)27-22(34)30-11-1-2-18(30)20(31)29-19-10-4-13-12-14(21(32)33)3-9-17(13)28-19/h4-8,10,14,18H,1-3,9,11-12H2,(H,27,34)(H,32,33)(H,28,29,31)/t14-,18-/m1/s1. The molecule has 34 heavy (non-hydrogen) atoms. The average molecular weight is 476 g/mol. The van der Waals surface area contributed by atoms with Crippen LogP contribution in [0, 0.1) is 5.92 Å². The fraction of sp³-hybridized carbons (Fsp3) is 0.391. The van der Waals surface area contributed by atoms with Gasteiger partial charge in [-0.05, 0) is 68.0 Å². The Morgan fingerprint density at radius 3 is 2.44 bits per heavy atom. The average Bonchev–Trinajstić information content (AvgIpc) is 3.29. The number of aliphatic carboxylic acids is 1. The van der Waals surface area contributed by atoms with Crippen molar-refractivity contribution < 1.29 is 32.7 Å². The molecule has 1 aliphatic carbocycles. The minimum Gasteiger partial charge on any atom is -0.481 e. The summed E-state index contributed by atoms with van der Waals surface area (Å²) in [6, 6.07) is 6.14. The highest BCUT2D eigenvalue weighted by Crippen LogP contribution is 2.30. The minimum atomic E-state index is -4.47. The molecule has 8 nitrogen and oxygen atoms in total. The number of benzene rings is 1. The van der Waals surface area contributed by atoms with Crippen LogP contribution < -0.4 is 10.6 Å². The van der Waals surface area contributed by atoms with E-state index in [1.807, 2.05) is 0 Å². The fourth-order valence-electron chi connectivity index (χ4n) is 4.32. The summed E-state index contributed by atoms with van der Waals surface area (Å²) in [5.41, 5.74) is 0.966. The molecule has 3 amide bonds. The number of aryl methyl sites for hydroxylation is 1. The summed E-state index contributed by atoms with van der Waals surface area (Å²) in [5, 5.41) is 14.5. The number of carbonyl (C=O) groups excluding carboxylic acids is 2. The number of fused-ring (bicyclic) bond motifs is 1. The van der Waals surface area contributed by atoms with Crippen molar-refractivity contribution in [1.82, 2.24) is 9.88 Å². The number of likely N-dealkylation sites (tertiary alicyclic amines) is 1. The highest BCUT2D eigenvalue weighted by molar-refractivity contribution is 5.99. The number of amides is 3. The third-order valence-electron chi connectivity index (χ3n) is 6.14. The van der Waals surface area contributed by atoms with Crippen LogP contribution in [0.3, 0.4) is 0 Å². The van der Waals surface area contributed by atoms with Gasteiger partial charge >= 0.3 is 18.2 Å². The van der Waals surface area contributed by atoms with E-state index in [0.29, 0.717) is 44.5 Å². The summed E-state index contributed by atoms with van der Waals surface area (Å²) in [4.78, 5) is 42.6. The number of anilines is 2. The van der Waals surface area contributed by atoms with Crippen molar-refractivity contribution in [3.05, 3.63) is 53.2 Å². The molecule has 180 valence electrons. The van der Waals surface area contributed by atoms with Gasteiger partial charge in [0, 0.05) is 17.9 Å². The summed E-state index contributed by atoms with van der Waals surface area (Å²) in [6.07, 6.45) is -2.05. The van der Waals surface area contributed by atoms with Gasteiger partial charge in [-0.2, -0.15) is 13.2 Å². The number of carbonyl (C=O) groups is 3. The molecule has 2 aromatic rings. The van der Waals surface area contributed by atoms with Gasteiger partial charge in [-0.3, -0.25) is 9.59 Å². The molecule has 0 saturated carbocycles. The van der Waals surface area contributed by atoms with Gasteiger partial charge in [-0.1, -0.05) is 6.07 Å². The molecular formula is C23H23F3N4O4. The summed E-state index contributed by atoms with van der Waals surface area (Å²) >= 11 is 0. The van der Waals surface area contributed by atoms with Crippen LogP contribution in [0.25, 0.3) is 0 Å². The van der Waals surface area contributed by atoms with Crippen LogP contribution in [0.15, 0.2) is 36.4 Å². The number of nitrogens with zero attached hydrogens (tertiary/aromatic N) is 2. The predicted octanol–water partition coefficient (Wildman–Crippen LogP) is 3.92. The van der Waals surface area contributed by atoms with E-state index in [1.165, 1.54) is 4.90 Å². The third kappa shape index (κ3) is 5.13. The highest BCUT2D eigenvalue weighted by Gasteiger charge is 2.35. The van der Waals surface area contributed by atoms with Crippen molar-refractivity contribution in [2.24, 2.45) is 5.92 Å². The zero-order chi connectivity index (χ0) is 24.5. The van der Waals surface area contributed by atoms with E-state index in [1.54, 1.807) is 12.1 Å². The first kappa shape index (κ1) is 23.5. The molecule has 1 aromatic heterocycles. The van der Waals surface area contributed by atoms with Gasteiger partial charge < -0.3 is 20.6 Å². The first-order chi connectivity index (χ1) is 16.1. The zero-order valence-corrected chi connectivity index (χ0v) is 18.1. The lowest BCUT2D eigenvalue weighted by Gasteiger charge is -2.25. The van der Waals surface area contributed by atoms with E-state index in [4.69, 9.17) is 0 Å². The lowest BCUT2D eigenvalue weighted by molar-refractivity contribution is -0.142. The summed E-state index contributed by atoms with van der Waals surface area (Å²) in [7, 11) is 0. The molecule has 2 heterocycles. The van der Waals surface area contributed by atoms with E-state index >= 15 is 0 Å². The molecule has 11 heteroatoms. The van der Waals surface area contributed by atoms with Crippen LogP contribution in [0.1, 0.15) is 36.1 Å². The lowest BCUT2D eigenvalue weighted by Crippen LogP contribution is -2.45. The number of carboxylic acids is 1. The number of rotatable bonds is 4. The molecule has 1 saturated heterocycles. The van der Waals surface area contributed by atoms with Crippen molar-refractivity contribution in [1.29, 1.82) is 0 Å². The normalized spacial score (nSPS) is 19.9. The molecule has 2 aliphatic rings. The third-order valence-corrected chi connectivity index (χ3v) is 6.14. The Kier molecular flexibility index (Phi) is 6.45. The van der Waals surface area contributed by atoms with Gasteiger partial charge in [-0.15, -0.1) is 0 Å². The van der Waals surface area contributed by atoms with Crippen LogP contribution in [0.5, 0.6) is 0 Å². The molecule has 2 atom stereocenters. The summed E-state index contributed by atoms with van der Waals surface area (Å²) < 4.78 is 38.2. The second-order valence-corrected chi connectivity index (χ2v) is 8.43. The van der Waals surface area contributed by atoms with Crippen molar-refractivity contribution in [2.45, 2.75) is 44.3 Å². The van der Waals surface area contributed by atoms with Gasteiger partial charge in [0.1, 0.15) is 11.9 Å². The first-order valence-corrected chi connectivity index (χ1v) is 10.9. The van der Waals surface area contributed by atoms with Crippen LogP contribution in [0.2, 0.25) is 0 Å². The predicted molar refractivity (Wildman–Crippen MR) is 116 cm³/mol. The molecular weight excluding hydrogens is 453 g/mol. The number of hydrogen-bond acceptors (Lipinski definition) is 4. The highest BCUT2D eigenvalue weighted by atomic mass is 19.4. The largest absolute Gasteiger partial charge is 0.481 e. The van der Waals surface area contributed by atoms with Crippen molar-refractivity contribution in [3.8, 4) is 0 Å². The quantitative estimate of drug-likeness (QED) is 0.619. The van der Waals surface area contributed by atoms with Crippen LogP contribution in [0.4, 0.5) is 29.5 Å². The van der Waals surface area contributed by atoms with Gasteiger partial charge in [0.25, 0.3) is 0 Å². The minimum absolute atomic E-state index is 0.195. The molecule has 0 unspecified atom stereocenters. The van der Waals surface area contributed by atoms with Crippen molar-refractivity contribution in [3.63, 3.8) is 0 Å². The monoisotopic (exact) mass is 476 g/mol. The Hall–Kier alpha value is -3.63. The number of hydrogen-bond donors (Lipinski definition) is 3. The second-order valence-electron chi connectivity index (χ2n) is 8.43. The number of alkyl halides is 3. The van der Waals surface area contributed by atoms with E-state index in [9.17, 15) is 32.7 Å². The van der Waals surface area contributed by atoms with Crippen LogP contribution in [-0.4, -0.2) is 45.5 Å². The number of urea groups is 1. The number of aromatic nitrogens is 1. The maximum atomic E-state index is 12.9. The van der Waals surface area contributed by atoms with Gasteiger partial charge in [0.15, 0.2) is 0 Å². The van der Waals surface area contributed by atoms with Crippen LogP contribution >= 0.6 is 0 Å². The Balaban J connectivity index is 1.39. The van der Waals surface area contributed by atoms with Gasteiger partial charge in [-0.25, -0.2) is 9.78 Å². The molecule has 1 aromatic carbocycles. The molecule has 1 fully saturated rings. The topological polar surface area (TPSA) is 112 Å². The number of pyridine rings is 1. The van der Waals surface area contributed by atoms with Crippen LogP contribution in [-0.2, 0) is 28.6 Å². The number of halogens is 3. The number of carboxylic acid groups (broad SMARTS) is 1. The second kappa shape index (κ2) is 9.32. The Morgan fingerprint density at radius 1 is 1.03 bits per heavy atom. The van der Waals surface area contributed by atoms with E-state index in [-0.39, 0.29) is 5.69 Å². The number of nitrogens with one attached hydrogen (secondary N) is 2. The molecule has 0 radical (unpaired) electrons.